The molecule has 0 fully saturated rings. The number of nitrogens with one attached hydrogen (secondary N) is 2. The number of rotatable bonds is 7. The van der Waals surface area contributed by atoms with Gasteiger partial charge < -0.3 is 10.6 Å². The Bertz CT molecular complexity index is 351. The molecule has 1 aromatic carbocycles. The molecule has 0 bridgehead atoms. The molecule has 0 radical (unpaired) electrons. The van der Waals surface area contributed by atoms with Gasteiger partial charge >= 0.3 is 0 Å². The highest BCUT2D eigenvalue weighted by atomic mass is 16.1. The molecule has 100 valence electrons. The predicted molar refractivity (Wildman–Crippen MR) is 75.2 cm³/mol. The van der Waals surface area contributed by atoms with E-state index in [1.54, 1.807) is 0 Å². The molecule has 0 spiro atoms. The molecule has 0 aliphatic heterocycles. The van der Waals surface area contributed by atoms with E-state index in [1.165, 1.54) is 0 Å². The average Bonchev–Trinajstić information content (AvgIpc) is 2.42. The average molecular weight is 248 g/mol. The maximum atomic E-state index is 11.7. The van der Waals surface area contributed by atoms with E-state index in [0.717, 1.165) is 12.0 Å². The van der Waals surface area contributed by atoms with E-state index in [9.17, 15) is 4.79 Å². The summed E-state index contributed by atoms with van der Waals surface area (Å²) in [6.45, 7) is 7.47. The Morgan fingerprint density at radius 1 is 1.22 bits per heavy atom. The fourth-order valence-electron chi connectivity index (χ4n) is 1.67. The van der Waals surface area contributed by atoms with Crippen LogP contribution in [0, 0.1) is 5.92 Å². The highest BCUT2D eigenvalue weighted by molar-refractivity contribution is 5.77. The van der Waals surface area contributed by atoms with E-state index in [1.807, 2.05) is 30.3 Å². The Hall–Kier alpha value is -1.35. The maximum absolute atomic E-state index is 11.7. The highest BCUT2D eigenvalue weighted by Gasteiger charge is 2.10. The summed E-state index contributed by atoms with van der Waals surface area (Å²) in [5, 5.41) is 6.17. The lowest BCUT2D eigenvalue weighted by Crippen LogP contribution is -2.40. The minimum atomic E-state index is 0.0500. The Balaban J connectivity index is 2.22. The molecule has 0 saturated carbocycles. The van der Waals surface area contributed by atoms with Crippen molar-refractivity contribution in [1.29, 1.82) is 0 Å². The summed E-state index contributed by atoms with van der Waals surface area (Å²) in [6.07, 6.45) is 1.12. The van der Waals surface area contributed by atoms with Gasteiger partial charge in [-0.3, -0.25) is 4.79 Å². The summed E-state index contributed by atoms with van der Waals surface area (Å²) in [7, 11) is 0. The number of carbonyl (C=O) groups is 1. The molecule has 3 heteroatoms. The van der Waals surface area contributed by atoms with Crippen LogP contribution in [0.3, 0.4) is 0 Å². The van der Waals surface area contributed by atoms with E-state index in [-0.39, 0.29) is 5.91 Å². The second kappa shape index (κ2) is 7.88. The third-order valence-corrected chi connectivity index (χ3v) is 3.41. The van der Waals surface area contributed by atoms with Crippen LogP contribution in [-0.4, -0.2) is 18.5 Å². The first-order valence-electron chi connectivity index (χ1n) is 6.67. The summed E-state index contributed by atoms with van der Waals surface area (Å²) in [5.41, 5.74) is 1.13. The number of amides is 1. The van der Waals surface area contributed by atoms with E-state index in [4.69, 9.17) is 0 Å². The molecular formula is C15H24N2O. The molecule has 2 atom stereocenters. The number of carbonyl (C=O) groups excluding carboxylic acids is 1. The van der Waals surface area contributed by atoms with Crippen LogP contribution in [0.2, 0.25) is 0 Å². The number of hydrogen-bond acceptors (Lipinski definition) is 2. The topological polar surface area (TPSA) is 41.1 Å². The summed E-state index contributed by atoms with van der Waals surface area (Å²) in [4.78, 5) is 11.7. The number of hydrogen-bond donors (Lipinski definition) is 2. The zero-order chi connectivity index (χ0) is 13.4. The van der Waals surface area contributed by atoms with Crippen LogP contribution in [0.4, 0.5) is 0 Å². The summed E-state index contributed by atoms with van der Waals surface area (Å²) in [5.74, 6) is 0.640. The highest BCUT2D eigenvalue weighted by Crippen LogP contribution is 2.05. The van der Waals surface area contributed by atoms with E-state index in [2.05, 4.69) is 31.4 Å². The summed E-state index contributed by atoms with van der Waals surface area (Å²) in [6, 6.07) is 10.3. The van der Waals surface area contributed by atoms with Crippen molar-refractivity contribution in [3.05, 3.63) is 35.9 Å². The molecule has 1 rings (SSSR count). The third-order valence-electron chi connectivity index (χ3n) is 3.41. The van der Waals surface area contributed by atoms with Crippen LogP contribution in [0.5, 0.6) is 0 Å². The molecule has 2 unspecified atom stereocenters. The SMILES string of the molecule is CCC(C)C(C)NCC(=O)NCc1ccccc1. The van der Waals surface area contributed by atoms with Crippen molar-refractivity contribution >= 4 is 5.91 Å². The van der Waals surface area contributed by atoms with Gasteiger partial charge in [0.05, 0.1) is 6.54 Å². The smallest absolute Gasteiger partial charge is 0.234 e. The fraction of sp³-hybridized carbons (Fsp3) is 0.533. The largest absolute Gasteiger partial charge is 0.351 e. The summed E-state index contributed by atoms with van der Waals surface area (Å²) >= 11 is 0. The molecule has 0 aromatic heterocycles. The first kappa shape index (κ1) is 14.7. The quantitative estimate of drug-likeness (QED) is 0.777. The normalized spacial score (nSPS) is 13.9. The molecule has 0 aliphatic carbocycles. The van der Waals surface area contributed by atoms with Crippen molar-refractivity contribution < 1.29 is 4.79 Å². The lowest BCUT2D eigenvalue weighted by atomic mass is 10.0. The van der Waals surface area contributed by atoms with Gasteiger partial charge in [0, 0.05) is 12.6 Å². The Labute approximate surface area is 110 Å². The zero-order valence-electron chi connectivity index (χ0n) is 11.6. The van der Waals surface area contributed by atoms with Gasteiger partial charge in [-0.05, 0) is 18.4 Å². The van der Waals surface area contributed by atoms with Gasteiger partial charge in [0.1, 0.15) is 0 Å². The van der Waals surface area contributed by atoms with Crippen molar-refractivity contribution in [2.45, 2.75) is 39.8 Å². The predicted octanol–water partition coefficient (Wildman–Crippen LogP) is 2.33. The lowest BCUT2D eigenvalue weighted by molar-refractivity contribution is -0.120. The third kappa shape index (κ3) is 5.32. The molecule has 0 saturated heterocycles. The molecule has 0 aliphatic rings. The van der Waals surface area contributed by atoms with Crippen LogP contribution in [0.15, 0.2) is 30.3 Å². The van der Waals surface area contributed by atoms with Crippen LogP contribution in [0.1, 0.15) is 32.8 Å². The molecule has 1 amide bonds. The van der Waals surface area contributed by atoms with Gasteiger partial charge in [0.15, 0.2) is 0 Å². The van der Waals surface area contributed by atoms with Crippen molar-refractivity contribution in [1.82, 2.24) is 10.6 Å². The van der Waals surface area contributed by atoms with Crippen LogP contribution in [-0.2, 0) is 11.3 Å². The van der Waals surface area contributed by atoms with Gasteiger partial charge in [0.25, 0.3) is 0 Å². The van der Waals surface area contributed by atoms with E-state index in [0.29, 0.717) is 25.0 Å². The minimum absolute atomic E-state index is 0.0500. The first-order chi connectivity index (χ1) is 8.63. The molecule has 1 aromatic rings. The van der Waals surface area contributed by atoms with Crippen LogP contribution >= 0.6 is 0 Å². The van der Waals surface area contributed by atoms with Gasteiger partial charge in [-0.2, -0.15) is 0 Å². The van der Waals surface area contributed by atoms with Crippen LogP contribution in [0.25, 0.3) is 0 Å². The first-order valence-corrected chi connectivity index (χ1v) is 6.67. The monoisotopic (exact) mass is 248 g/mol. The summed E-state index contributed by atoms with van der Waals surface area (Å²) < 4.78 is 0. The molecule has 2 N–H and O–H groups in total. The van der Waals surface area contributed by atoms with Gasteiger partial charge in [-0.25, -0.2) is 0 Å². The Morgan fingerprint density at radius 2 is 1.89 bits per heavy atom. The Kier molecular flexibility index (Phi) is 6.44. The second-order valence-electron chi connectivity index (χ2n) is 4.82. The van der Waals surface area contributed by atoms with E-state index >= 15 is 0 Å². The van der Waals surface area contributed by atoms with E-state index < -0.39 is 0 Å². The van der Waals surface area contributed by atoms with Gasteiger partial charge in [0.2, 0.25) is 5.91 Å². The lowest BCUT2D eigenvalue weighted by Gasteiger charge is -2.19. The molecule has 18 heavy (non-hydrogen) atoms. The Morgan fingerprint density at radius 3 is 2.50 bits per heavy atom. The molecular weight excluding hydrogens is 224 g/mol. The van der Waals surface area contributed by atoms with Crippen molar-refractivity contribution in [3.8, 4) is 0 Å². The van der Waals surface area contributed by atoms with Gasteiger partial charge in [-0.1, -0.05) is 50.6 Å². The number of benzene rings is 1. The molecule has 3 nitrogen and oxygen atoms in total. The van der Waals surface area contributed by atoms with Crippen LogP contribution < -0.4 is 10.6 Å². The standard InChI is InChI=1S/C15H24N2O/c1-4-12(2)13(3)16-11-15(18)17-10-14-8-6-5-7-9-14/h5-9,12-13,16H,4,10-11H2,1-3H3,(H,17,18). The minimum Gasteiger partial charge on any atom is -0.351 e. The second-order valence-corrected chi connectivity index (χ2v) is 4.82. The zero-order valence-corrected chi connectivity index (χ0v) is 11.6. The van der Waals surface area contributed by atoms with Crippen molar-refractivity contribution in [2.24, 2.45) is 5.92 Å². The van der Waals surface area contributed by atoms with Gasteiger partial charge in [-0.15, -0.1) is 0 Å². The van der Waals surface area contributed by atoms with Crippen molar-refractivity contribution in [2.75, 3.05) is 6.54 Å². The maximum Gasteiger partial charge on any atom is 0.234 e. The molecule has 0 heterocycles. The van der Waals surface area contributed by atoms with Crippen molar-refractivity contribution in [3.63, 3.8) is 0 Å². The fourth-order valence-corrected chi connectivity index (χ4v) is 1.67.